The molecule has 3 N–H and O–H groups in total. The van der Waals surface area contributed by atoms with E-state index in [1.54, 1.807) is 6.20 Å². The second-order valence-corrected chi connectivity index (χ2v) is 5.50. The first-order chi connectivity index (χ1) is 9.04. The first kappa shape index (κ1) is 13.6. The minimum Gasteiger partial charge on any atom is -0.409 e. The molecule has 5 nitrogen and oxygen atoms in total. The Hall–Kier alpha value is -1.78. The highest BCUT2D eigenvalue weighted by atomic mass is 16.4. The van der Waals surface area contributed by atoms with Crippen molar-refractivity contribution in [1.29, 1.82) is 0 Å². The molecule has 2 unspecified atom stereocenters. The molecule has 0 spiro atoms. The largest absolute Gasteiger partial charge is 0.409 e. The summed E-state index contributed by atoms with van der Waals surface area (Å²) in [6, 6.07) is 1.88. The highest BCUT2D eigenvalue weighted by Crippen LogP contribution is 2.28. The van der Waals surface area contributed by atoms with Crippen LogP contribution in [0.3, 0.4) is 0 Å². The van der Waals surface area contributed by atoms with Gasteiger partial charge in [-0.3, -0.25) is 0 Å². The Labute approximate surface area is 114 Å². The zero-order valence-corrected chi connectivity index (χ0v) is 11.8. The fourth-order valence-electron chi connectivity index (χ4n) is 2.61. The summed E-state index contributed by atoms with van der Waals surface area (Å²) in [5, 5.41) is 12.1. The number of aryl methyl sites for hydroxylation is 1. The van der Waals surface area contributed by atoms with Crippen molar-refractivity contribution in [1.82, 2.24) is 4.98 Å². The Morgan fingerprint density at radius 3 is 2.84 bits per heavy atom. The molecule has 19 heavy (non-hydrogen) atoms. The van der Waals surface area contributed by atoms with Gasteiger partial charge in [-0.2, -0.15) is 0 Å². The van der Waals surface area contributed by atoms with Gasteiger partial charge in [-0.1, -0.05) is 19.0 Å². The molecule has 5 heteroatoms. The van der Waals surface area contributed by atoms with Gasteiger partial charge in [-0.05, 0) is 36.8 Å². The van der Waals surface area contributed by atoms with Crippen molar-refractivity contribution in [3.05, 3.63) is 23.4 Å². The third kappa shape index (κ3) is 2.64. The summed E-state index contributed by atoms with van der Waals surface area (Å²) in [5.41, 5.74) is 7.52. The Bertz CT molecular complexity index is 486. The molecule has 1 aliphatic heterocycles. The average Bonchev–Trinajstić information content (AvgIpc) is 2.41. The maximum atomic E-state index is 8.95. The predicted octanol–water partition coefficient (Wildman–Crippen LogP) is 1.97. The van der Waals surface area contributed by atoms with E-state index >= 15 is 0 Å². The van der Waals surface area contributed by atoms with Crippen LogP contribution in [0.2, 0.25) is 0 Å². The number of nitrogens with two attached hydrogens (primary N) is 1. The highest BCUT2D eigenvalue weighted by Gasteiger charge is 2.26. The Morgan fingerprint density at radius 2 is 2.21 bits per heavy atom. The van der Waals surface area contributed by atoms with Crippen molar-refractivity contribution >= 4 is 11.7 Å². The van der Waals surface area contributed by atoms with Crippen LogP contribution in [0.25, 0.3) is 0 Å². The van der Waals surface area contributed by atoms with Crippen LogP contribution in [0.15, 0.2) is 17.4 Å². The van der Waals surface area contributed by atoms with E-state index in [9.17, 15) is 0 Å². The summed E-state index contributed by atoms with van der Waals surface area (Å²) in [5.74, 6) is 2.31. The molecule has 0 radical (unpaired) electrons. The smallest absolute Gasteiger partial charge is 0.174 e. The van der Waals surface area contributed by atoms with E-state index in [0.717, 1.165) is 42.4 Å². The summed E-state index contributed by atoms with van der Waals surface area (Å²) in [6.45, 7) is 8.43. The van der Waals surface area contributed by atoms with Gasteiger partial charge in [0.15, 0.2) is 5.84 Å². The molecule has 0 aliphatic carbocycles. The van der Waals surface area contributed by atoms with E-state index in [4.69, 9.17) is 10.9 Å². The number of aromatic nitrogens is 1. The summed E-state index contributed by atoms with van der Waals surface area (Å²) >= 11 is 0. The minimum atomic E-state index is 0.131. The summed E-state index contributed by atoms with van der Waals surface area (Å²) in [7, 11) is 0. The lowest BCUT2D eigenvalue weighted by molar-refractivity contribution is 0.318. The molecular formula is C14H22N4O. The maximum Gasteiger partial charge on any atom is 0.174 e. The summed E-state index contributed by atoms with van der Waals surface area (Å²) in [4.78, 5) is 6.69. The second-order valence-electron chi connectivity index (χ2n) is 5.50. The standard InChI is InChI=1S/C14H22N4O/c1-9-5-7-18(8-11(9)3)14-12(13(15)17-19)10(2)4-6-16-14/h4,6,9,11,19H,5,7-8H2,1-3H3,(H2,15,17). The molecule has 1 aromatic rings. The van der Waals surface area contributed by atoms with Gasteiger partial charge >= 0.3 is 0 Å². The number of piperidine rings is 1. The van der Waals surface area contributed by atoms with Gasteiger partial charge in [0.05, 0.1) is 5.56 Å². The van der Waals surface area contributed by atoms with Crippen molar-refractivity contribution in [3.8, 4) is 0 Å². The van der Waals surface area contributed by atoms with Crippen molar-refractivity contribution in [2.75, 3.05) is 18.0 Å². The normalized spacial score (nSPS) is 24.6. The number of oxime groups is 1. The summed E-state index contributed by atoms with van der Waals surface area (Å²) < 4.78 is 0. The molecule has 1 aliphatic rings. The quantitative estimate of drug-likeness (QED) is 0.370. The third-order valence-corrected chi connectivity index (χ3v) is 4.14. The lowest BCUT2D eigenvalue weighted by Gasteiger charge is -2.37. The zero-order valence-electron chi connectivity index (χ0n) is 11.8. The maximum absolute atomic E-state index is 8.95. The molecule has 1 fully saturated rings. The Morgan fingerprint density at radius 1 is 1.47 bits per heavy atom. The SMILES string of the molecule is Cc1ccnc(N2CCC(C)C(C)C2)c1/C(N)=N/O. The molecule has 2 rings (SSSR count). The highest BCUT2D eigenvalue weighted by molar-refractivity contribution is 6.02. The average molecular weight is 262 g/mol. The van der Waals surface area contributed by atoms with E-state index in [0.29, 0.717) is 5.92 Å². The van der Waals surface area contributed by atoms with Crippen LogP contribution < -0.4 is 10.6 Å². The third-order valence-electron chi connectivity index (χ3n) is 4.14. The lowest BCUT2D eigenvalue weighted by Crippen LogP contribution is -2.40. The minimum absolute atomic E-state index is 0.131. The zero-order chi connectivity index (χ0) is 14.0. The van der Waals surface area contributed by atoms with E-state index in [2.05, 4.69) is 28.9 Å². The molecule has 1 saturated heterocycles. The van der Waals surface area contributed by atoms with Crippen LogP contribution in [0, 0.1) is 18.8 Å². The van der Waals surface area contributed by atoms with Crippen molar-refractivity contribution in [2.24, 2.45) is 22.7 Å². The number of amidine groups is 1. The van der Waals surface area contributed by atoms with Gasteiger partial charge in [0.2, 0.25) is 0 Å². The fourth-order valence-corrected chi connectivity index (χ4v) is 2.61. The van der Waals surface area contributed by atoms with Crippen LogP contribution in [0.5, 0.6) is 0 Å². The van der Waals surface area contributed by atoms with E-state index < -0.39 is 0 Å². The van der Waals surface area contributed by atoms with Gasteiger partial charge in [0, 0.05) is 19.3 Å². The first-order valence-electron chi connectivity index (χ1n) is 6.73. The number of rotatable bonds is 2. The lowest BCUT2D eigenvalue weighted by atomic mass is 9.88. The Balaban J connectivity index is 2.37. The molecule has 0 aromatic carbocycles. The van der Waals surface area contributed by atoms with Crippen LogP contribution in [0.4, 0.5) is 5.82 Å². The van der Waals surface area contributed by atoms with Gasteiger partial charge in [-0.15, -0.1) is 0 Å². The number of nitrogens with zero attached hydrogens (tertiary/aromatic N) is 3. The van der Waals surface area contributed by atoms with Crippen LogP contribution in [-0.4, -0.2) is 29.1 Å². The van der Waals surface area contributed by atoms with Gasteiger partial charge in [0.25, 0.3) is 0 Å². The molecule has 104 valence electrons. The first-order valence-corrected chi connectivity index (χ1v) is 6.73. The number of pyridine rings is 1. The Kier molecular flexibility index (Phi) is 3.93. The number of hydrogen-bond donors (Lipinski definition) is 2. The van der Waals surface area contributed by atoms with Crippen LogP contribution >= 0.6 is 0 Å². The molecule has 2 atom stereocenters. The molecular weight excluding hydrogens is 240 g/mol. The number of hydrogen-bond acceptors (Lipinski definition) is 4. The molecule has 1 aromatic heterocycles. The van der Waals surface area contributed by atoms with E-state index in [1.165, 1.54) is 0 Å². The van der Waals surface area contributed by atoms with E-state index in [1.807, 2.05) is 13.0 Å². The fraction of sp³-hybridized carbons (Fsp3) is 0.571. The second kappa shape index (κ2) is 5.47. The summed E-state index contributed by atoms with van der Waals surface area (Å²) in [6.07, 6.45) is 2.92. The molecule has 0 amide bonds. The van der Waals surface area contributed by atoms with Gasteiger partial charge in [-0.25, -0.2) is 4.98 Å². The van der Waals surface area contributed by atoms with Crippen molar-refractivity contribution in [2.45, 2.75) is 27.2 Å². The molecule has 2 heterocycles. The molecule has 0 saturated carbocycles. The van der Waals surface area contributed by atoms with Gasteiger partial charge in [0.1, 0.15) is 5.82 Å². The van der Waals surface area contributed by atoms with E-state index in [-0.39, 0.29) is 5.84 Å². The van der Waals surface area contributed by atoms with Crippen LogP contribution in [0.1, 0.15) is 31.4 Å². The molecule has 0 bridgehead atoms. The van der Waals surface area contributed by atoms with Crippen LogP contribution in [-0.2, 0) is 0 Å². The number of anilines is 1. The topological polar surface area (TPSA) is 74.7 Å². The monoisotopic (exact) mass is 262 g/mol. The van der Waals surface area contributed by atoms with Crippen molar-refractivity contribution < 1.29 is 5.21 Å². The van der Waals surface area contributed by atoms with Gasteiger partial charge < -0.3 is 15.8 Å². The van der Waals surface area contributed by atoms with Crippen molar-refractivity contribution in [3.63, 3.8) is 0 Å². The predicted molar refractivity (Wildman–Crippen MR) is 76.6 cm³/mol.